The molecule has 0 N–H and O–H groups in total. The smallest absolute Gasteiger partial charge is 0.213 e. The number of likely N-dealkylation sites (tertiary alicyclic amines) is 1. The Morgan fingerprint density at radius 2 is 1.86 bits per heavy atom. The molecule has 3 heterocycles. The highest BCUT2D eigenvalue weighted by atomic mass is 16.7. The average Bonchev–Trinajstić information content (AvgIpc) is 2.73. The van der Waals surface area contributed by atoms with Gasteiger partial charge in [0.1, 0.15) is 5.75 Å². The quantitative estimate of drug-likeness (QED) is 0.740. The van der Waals surface area contributed by atoms with E-state index in [0.29, 0.717) is 12.5 Å². The first-order chi connectivity index (χ1) is 14.2. The molecule has 1 aromatic rings. The van der Waals surface area contributed by atoms with Gasteiger partial charge < -0.3 is 19.1 Å². The van der Waals surface area contributed by atoms with Crippen molar-refractivity contribution in [3.63, 3.8) is 0 Å². The molecule has 0 aromatic heterocycles. The van der Waals surface area contributed by atoms with Gasteiger partial charge in [0.2, 0.25) is 5.79 Å². The molecule has 2 saturated heterocycles. The van der Waals surface area contributed by atoms with Crippen LogP contribution in [-0.2, 0) is 16.1 Å². The van der Waals surface area contributed by atoms with Crippen molar-refractivity contribution < 1.29 is 14.2 Å². The first-order valence-electron chi connectivity index (χ1n) is 11.8. The third-order valence-corrected chi connectivity index (χ3v) is 7.52. The largest absolute Gasteiger partial charge is 0.462 e. The van der Waals surface area contributed by atoms with E-state index in [-0.39, 0.29) is 0 Å². The molecule has 1 aromatic carbocycles. The lowest BCUT2D eigenvalue weighted by Crippen LogP contribution is -2.54. The van der Waals surface area contributed by atoms with Gasteiger partial charge in [0, 0.05) is 69.5 Å². The van der Waals surface area contributed by atoms with Crippen molar-refractivity contribution in [1.29, 1.82) is 0 Å². The van der Waals surface area contributed by atoms with Crippen LogP contribution >= 0.6 is 0 Å². The Bertz CT molecular complexity index is 689. The van der Waals surface area contributed by atoms with Crippen LogP contribution in [0.5, 0.6) is 5.75 Å². The third kappa shape index (κ3) is 4.14. The minimum atomic E-state index is -0.396. The van der Waals surface area contributed by atoms with Crippen molar-refractivity contribution in [2.24, 2.45) is 5.92 Å². The van der Waals surface area contributed by atoms with Gasteiger partial charge >= 0.3 is 0 Å². The average molecular weight is 401 g/mol. The van der Waals surface area contributed by atoms with E-state index in [4.69, 9.17) is 14.2 Å². The van der Waals surface area contributed by atoms with Crippen molar-refractivity contribution in [3.8, 4) is 5.75 Å². The highest BCUT2D eigenvalue weighted by molar-refractivity contribution is 5.54. The second-order valence-corrected chi connectivity index (χ2v) is 9.30. The van der Waals surface area contributed by atoms with Crippen LogP contribution in [0.1, 0.15) is 57.4 Å². The van der Waals surface area contributed by atoms with Gasteiger partial charge in [-0.3, -0.25) is 4.90 Å². The highest BCUT2D eigenvalue weighted by Crippen LogP contribution is 2.40. The molecule has 0 bridgehead atoms. The summed E-state index contributed by atoms with van der Waals surface area (Å²) in [5.41, 5.74) is 2.51. The number of fused-ring (bicyclic) bond motifs is 1. The van der Waals surface area contributed by atoms with E-state index in [1.54, 1.807) is 0 Å². The van der Waals surface area contributed by atoms with Crippen LogP contribution in [-0.4, -0.2) is 56.1 Å². The summed E-state index contributed by atoms with van der Waals surface area (Å²) < 4.78 is 18.4. The molecule has 160 valence electrons. The summed E-state index contributed by atoms with van der Waals surface area (Å²) in [5, 5.41) is 0. The van der Waals surface area contributed by atoms with E-state index in [1.807, 2.05) is 0 Å². The van der Waals surface area contributed by atoms with Gasteiger partial charge in [0.15, 0.2) is 0 Å². The van der Waals surface area contributed by atoms with Gasteiger partial charge in [-0.1, -0.05) is 6.42 Å². The van der Waals surface area contributed by atoms with Gasteiger partial charge in [-0.25, -0.2) is 0 Å². The number of nitrogens with zero attached hydrogens (tertiary/aromatic N) is 2. The van der Waals surface area contributed by atoms with E-state index in [0.717, 1.165) is 64.0 Å². The first kappa shape index (κ1) is 19.7. The molecule has 1 spiro atoms. The predicted octanol–water partition coefficient (Wildman–Crippen LogP) is 4.19. The van der Waals surface area contributed by atoms with Crippen molar-refractivity contribution in [2.45, 2.75) is 70.3 Å². The maximum Gasteiger partial charge on any atom is 0.213 e. The fourth-order valence-corrected chi connectivity index (χ4v) is 5.28. The van der Waals surface area contributed by atoms with Crippen LogP contribution in [0.3, 0.4) is 0 Å². The van der Waals surface area contributed by atoms with E-state index in [1.165, 1.54) is 43.4 Å². The lowest BCUT2D eigenvalue weighted by Gasteiger charge is -2.47. The zero-order valence-corrected chi connectivity index (χ0v) is 17.9. The summed E-state index contributed by atoms with van der Waals surface area (Å²) in [5.74, 6) is 1.34. The second kappa shape index (κ2) is 8.44. The molecule has 5 heteroatoms. The molecule has 1 aliphatic carbocycles. The van der Waals surface area contributed by atoms with Crippen LogP contribution in [0, 0.1) is 5.92 Å². The van der Waals surface area contributed by atoms with Gasteiger partial charge in [0.25, 0.3) is 0 Å². The van der Waals surface area contributed by atoms with E-state index in [2.05, 4.69) is 34.9 Å². The van der Waals surface area contributed by atoms with Crippen LogP contribution in [0.15, 0.2) is 18.2 Å². The summed E-state index contributed by atoms with van der Waals surface area (Å²) in [7, 11) is 0. The SMILES string of the molecule is CCOCC1CCN(c2ccc3c(c2)COC2(CCN(C4CCC4)CC2)O3)CC1. The molecule has 0 amide bonds. The number of benzene rings is 1. The molecule has 29 heavy (non-hydrogen) atoms. The van der Waals surface area contributed by atoms with Crippen LogP contribution in [0.2, 0.25) is 0 Å². The molecule has 3 aliphatic heterocycles. The van der Waals surface area contributed by atoms with E-state index in [9.17, 15) is 0 Å². The Labute approximate surface area is 175 Å². The number of ether oxygens (including phenoxy) is 3. The topological polar surface area (TPSA) is 34.2 Å². The van der Waals surface area contributed by atoms with E-state index < -0.39 is 5.79 Å². The number of anilines is 1. The fourth-order valence-electron chi connectivity index (χ4n) is 5.28. The molecule has 5 rings (SSSR count). The Kier molecular flexibility index (Phi) is 5.72. The molecule has 0 radical (unpaired) electrons. The molecular formula is C24H36N2O3. The molecule has 3 fully saturated rings. The highest BCUT2D eigenvalue weighted by Gasteiger charge is 2.42. The Morgan fingerprint density at radius 1 is 1.07 bits per heavy atom. The summed E-state index contributed by atoms with van der Waals surface area (Å²) in [6.07, 6.45) is 8.55. The van der Waals surface area contributed by atoms with Crippen molar-refractivity contribution in [3.05, 3.63) is 23.8 Å². The van der Waals surface area contributed by atoms with Crippen LogP contribution < -0.4 is 9.64 Å². The van der Waals surface area contributed by atoms with Crippen molar-refractivity contribution in [1.82, 2.24) is 4.90 Å². The second-order valence-electron chi connectivity index (χ2n) is 9.30. The molecule has 1 saturated carbocycles. The van der Waals surface area contributed by atoms with E-state index >= 15 is 0 Å². The minimum Gasteiger partial charge on any atom is -0.462 e. The maximum atomic E-state index is 6.46. The Balaban J connectivity index is 1.18. The van der Waals surface area contributed by atoms with Gasteiger partial charge in [0.05, 0.1) is 6.61 Å². The zero-order valence-electron chi connectivity index (χ0n) is 17.9. The Hall–Kier alpha value is -1.30. The molecule has 5 nitrogen and oxygen atoms in total. The standard InChI is InChI=1S/C24H36N2O3/c1-2-27-17-19-8-12-25(13-9-19)22-6-7-23-20(16-22)18-28-24(29-23)10-14-26(15-11-24)21-4-3-5-21/h6-7,16,19,21H,2-5,8-15,17-18H2,1H3. The minimum absolute atomic E-state index is 0.396. The molecular weight excluding hydrogens is 364 g/mol. The van der Waals surface area contributed by atoms with Crippen LogP contribution in [0.25, 0.3) is 0 Å². The molecule has 0 atom stereocenters. The summed E-state index contributed by atoms with van der Waals surface area (Å²) in [6, 6.07) is 7.53. The van der Waals surface area contributed by atoms with Gasteiger partial charge in [-0.05, 0) is 56.7 Å². The number of hydrogen-bond acceptors (Lipinski definition) is 5. The monoisotopic (exact) mass is 400 g/mol. The summed E-state index contributed by atoms with van der Waals surface area (Å²) in [4.78, 5) is 5.15. The van der Waals surface area contributed by atoms with Gasteiger partial charge in [-0.15, -0.1) is 0 Å². The van der Waals surface area contributed by atoms with Gasteiger partial charge in [-0.2, -0.15) is 0 Å². The normalized spacial score (nSPS) is 25.5. The van der Waals surface area contributed by atoms with Crippen molar-refractivity contribution >= 4 is 5.69 Å². The summed E-state index contributed by atoms with van der Waals surface area (Å²) >= 11 is 0. The van der Waals surface area contributed by atoms with Crippen LogP contribution in [0.4, 0.5) is 5.69 Å². The zero-order chi connectivity index (χ0) is 19.7. The number of rotatable bonds is 5. The number of piperidine rings is 2. The molecule has 4 aliphatic rings. The fraction of sp³-hybridized carbons (Fsp3) is 0.750. The Morgan fingerprint density at radius 3 is 2.55 bits per heavy atom. The number of hydrogen-bond donors (Lipinski definition) is 0. The predicted molar refractivity (Wildman–Crippen MR) is 114 cm³/mol. The first-order valence-corrected chi connectivity index (χ1v) is 11.8. The summed E-state index contributed by atoms with van der Waals surface area (Å²) in [6.45, 7) is 8.92. The van der Waals surface area contributed by atoms with Crippen molar-refractivity contribution in [2.75, 3.05) is 44.3 Å². The molecule has 0 unspecified atom stereocenters. The lowest BCUT2D eigenvalue weighted by molar-refractivity contribution is -0.231. The maximum absolute atomic E-state index is 6.46. The lowest BCUT2D eigenvalue weighted by atomic mass is 9.89. The third-order valence-electron chi connectivity index (χ3n) is 7.52.